The van der Waals surface area contributed by atoms with Gasteiger partial charge in [0.2, 0.25) is 0 Å². The van der Waals surface area contributed by atoms with E-state index in [0.717, 1.165) is 11.3 Å². The van der Waals surface area contributed by atoms with Crippen LogP contribution in [0.1, 0.15) is 26.3 Å². The molecule has 3 heteroatoms. The second kappa shape index (κ2) is 6.15. The highest BCUT2D eigenvalue weighted by Crippen LogP contribution is 2.52. The second-order valence-corrected chi connectivity index (χ2v) is 9.47. The van der Waals surface area contributed by atoms with Crippen LogP contribution < -0.4 is 5.73 Å². The summed E-state index contributed by atoms with van der Waals surface area (Å²) in [5.41, 5.74) is 11.3. The van der Waals surface area contributed by atoms with Crippen LogP contribution in [0.5, 0.6) is 0 Å². The monoisotopic (exact) mass is 363 g/mol. The van der Waals surface area contributed by atoms with Crippen molar-refractivity contribution in [2.24, 2.45) is 0 Å². The van der Waals surface area contributed by atoms with Crippen molar-refractivity contribution in [3.63, 3.8) is 0 Å². The Labute approximate surface area is 158 Å². The fourth-order valence-corrected chi connectivity index (χ4v) is 5.33. The predicted molar refractivity (Wildman–Crippen MR) is 110 cm³/mol. The lowest BCUT2D eigenvalue weighted by atomic mass is 9.86. The summed E-state index contributed by atoms with van der Waals surface area (Å²) in [6, 6.07) is 21.7. The fourth-order valence-electron chi connectivity index (χ4n) is 3.01. The zero-order valence-corrected chi connectivity index (χ0v) is 16.3. The minimum Gasteiger partial charge on any atom is -0.397 e. The van der Waals surface area contributed by atoms with Crippen molar-refractivity contribution in [1.82, 2.24) is 0 Å². The van der Waals surface area contributed by atoms with Crippen LogP contribution in [0.15, 0.2) is 80.2 Å². The first kappa shape index (κ1) is 16.6. The lowest BCUT2D eigenvalue weighted by molar-refractivity contribution is 0.590. The van der Waals surface area contributed by atoms with E-state index in [9.17, 15) is 0 Å². The largest absolute Gasteiger partial charge is 0.397 e. The summed E-state index contributed by atoms with van der Waals surface area (Å²) in [4.78, 5) is 5.02. The van der Waals surface area contributed by atoms with Crippen molar-refractivity contribution in [3.8, 4) is 11.1 Å². The molecule has 1 nitrogen and oxygen atoms in total. The topological polar surface area (TPSA) is 26.0 Å². The van der Waals surface area contributed by atoms with Gasteiger partial charge in [0.25, 0.3) is 0 Å². The summed E-state index contributed by atoms with van der Waals surface area (Å²) in [6.45, 7) is 6.71. The molecule has 0 atom stereocenters. The molecule has 0 spiro atoms. The van der Waals surface area contributed by atoms with Crippen molar-refractivity contribution in [2.75, 3.05) is 5.73 Å². The molecule has 1 heterocycles. The van der Waals surface area contributed by atoms with Crippen LogP contribution in [0.3, 0.4) is 0 Å². The average Bonchev–Trinajstić information content (AvgIpc) is 2.60. The highest BCUT2D eigenvalue weighted by Gasteiger charge is 2.21. The van der Waals surface area contributed by atoms with Crippen molar-refractivity contribution in [2.45, 2.75) is 45.8 Å². The Morgan fingerprint density at radius 3 is 2.00 bits per heavy atom. The number of nitrogen functional groups attached to an aromatic ring is 1. The molecule has 0 radical (unpaired) electrons. The van der Waals surface area contributed by atoms with E-state index in [-0.39, 0.29) is 5.41 Å². The van der Waals surface area contributed by atoms with E-state index in [4.69, 9.17) is 5.73 Å². The Kier molecular flexibility index (Phi) is 4.09. The van der Waals surface area contributed by atoms with Gasteiger partial charge in [-0.2, -0.15) is 0 Å². The second-order valence-electron chi connectivity index (χ2n) is 7.33. The highest BCUT2D eigenvalue weighted by atomic mass is 32.2. The third kappa shape index (κ3) is 3.07. The minimum atomic E-state index is 0.163. The summed E-state index contributed by atoms with van der Waals surface area (Å²) in [5, 5.41) is 0. The van der Waals surface area contributed by atoms with E-state index in [1.807, 2.05) is 0 Å². The number of hydrogen-bond donors (Lipinski definition) is 1. The molecule has 0 amide bonds. The quantitative estimate of drug-likeness (QED) is 0.375. The molecule has 0 saturated carbocycles. The number of rotatable bonds is 1. The zero-order valence-electron chi connectivity index (χ0n) is 14.7. The molecule has 3 aromatic carbocycles. The molecule has 0 bridgehead atoms. The number of hydrogen-bond acceptors (Lipinski definition) is 3. The van der Waals surface area contributed by atoms with Gasteiger partial charge in [0.1, 0.15) is 0 Å². The molecule has 1 aliphatic heterocycles. The molecule has 0 fully saturated rings. The third-order valence-electron chi connectivity index (χ3n) is 4.50. The molecule has 126 valence electrons. The van der Waals surface area contributed by atoms with Gasteiger partial charge in [0.15, 0.2) is 0 Å². The van der Waals surface area contributed by atoms with E-state index < -0.39 is 0 Å². The first-order valence-electron chi connectivity index (χ1n) is 8.41. The van der Waals surface area contributed by atoms with E-state index >= 15 is 0 Å². The lowest BCUT2D eigenvalue weighted by Crippen LogP contribution is -2.10. The molecule has 3 aromatic rings. The SMILES string of the molecule is CC(C)(C)c1ccc(-c2ccc3c(c2N)Sc2ccccc2S3)cc1. The fraction of sp³-hybridized carbons (Fsp3) is 0.182. The molecule has 0 saturated heterocycles. The molecule has 0 aliphatic carbocycles. The average molecular weight is 364 g/mol. The summed E-state index contributed by atoms with van der Waals surface area (Å²) in [7, 11) is 0. The van der Waals surface area contributed by atoms with Gasteiger partial charge in [-0.05, 0) is 34.7 Å². The van der Waals surface area contributed by atoms with Crippen molar-refractivity contribution in [1.29, 1.82) is 0 Å². The van der Waals surface area contributed by atoms with E-state index in [2.05, 4.69) is 81.4 Å². The zero-order chi connectivity index (χ0) is 17.6. The van der Waals surface area contributed by atoms with Gasteiger partial charge in [-0.3, -0.25) is 0 Å². The standard InChI is InChI=1S/C22H21NS2/c1-22(2,3)15-10-8-14(9-11-15)16-12-13-19-21(20(16)23)25-18-7-5-4-6-17(18)24-19/h4-13H,23H2,1-3H3. The van der Waals surface area contributed by atoms with Crippen LogP contribution in [0.2, 0.25) is 0 Å². The Morgan fingerprint density at radius 1 is 0.720 bits per heavy atom. The van der Waals surface area contributed by atoms with E-state index in [0.29, 0.717) is 0 Å². The smallest absolute Gasteiger partial charge is 0.0547 e. The van der Waals surface area contributed by atoms with Gasteiger partial charge in [-0.25, -0.2) is 0 Å². The van der Waals surface area contributed by atoms with E-state index in [1.165, 1.54) is 30.7 Å². The number of fused-ring (bicyclic) bond motifs is 2. The predicted octanol–water partition coefficient (Wildman–Crippen LogP) is 6.85. The van der Waals surface area contributed by atoms with Crippen LogP contribution in [-0.2, 0) is 5.41 Å². The maximum absolute atomic E-state index is 6.58. The van der Waals surface area contributed by atoms with Crippen LogP contribution in [0, 0.1) is 0 Å². The van der Waals surface area contributed by atoms with Crippen LogP contribution >= 0.6 is 23.5 Å². The molecule has 25 heavy (non-hydrogen) atoms. The van der Waals surface area contributed by atoms with Crippen molar-refractivity contribution >= 4 is 29.2 Å². The molecule has 1 aliphatic rings. The van der Waals surface area contributed by atoms with Crippen LogP contribution in [0.25, 0.3) is 11.1 Å². The van der Waals surface area contributed by atoms with E-state index in [1.54, 1.807) is 23.5 Å². The van der Waals surface area contributed by atoms with Gasteiger partial charge >= 0.3 is 0 Å². The van der Waals surface area contributed by atoms with Gasteiger partial charge in [-0.1, -0.05) is 86.8 Å². The highest BCUT2D eigenvalue weighted by molar-refractivity contribution is 8.05. The summed E-state index contributed by atoms with van der Waals surface area (Å²) in [5.74, 6) is 0. The van der Waals surface area contributed by atoms with Gasteiger partial charge < -0.3 is 5.73 Å². The Bertz CT molecular complexity index is 937. The van der Waals surface area contributed by atoms with Crippen LogP contribution in [-0.4, -0.2) is 0 Å². The molecular weight excluding hydrogens is 342 g/mol. The number of nitrogens with two attached hydrogens (primary N) is 1. The van der Waals surface area contributed by atoms with Gasteiger partial charge in [-0.15, -0.1) is 0 Å². The molecule has 2 N–H and O–H groups in total. The maximum atomic E-state index is 6.58. The molecular formula is C22H21NS2. The summed E-state index contributed by atoms with van der Waals surface area (Å²) < 4.78 is 0. The van der Waals surface area contributed by atoms with Crippen molar-refractivity contribution in [3.05, 3.63) is 66.2 Å². The molecule has 4 rings (SSSR count). The maximum Gasteiger partial charge on any atom is 0.0547 e. The number of anilines is 1. The number of benzene rings is 3. The third-order valence-corrected chi connectivity index (χ3v) is 7.12. The molecule has 0 unspecified atom stereocenters. The lowest BCUT2D eigenvalue weighted by Gasteiger charge is -2.22. The first-order valence-corrected chi connectivity index (χ1v) is 10.0. The van der Waals surface area contributed by atoms with Gasteiger partial charge in [0, 0.05) is 25.1 Å². The Hall–Kier alpha value is -1.84. The Balaban J connectivity index is 1.74. The first-order chi connectivity index (χ1) is 11.9. The van der Waals surface area contributed by atoms with Gasteiger partial charge in [0.05, 0.1) is 5.69 Å². The van der Waals surface area contributed by atoms with Crippen LogP contribution in [0.4, 0.5) is 5.69 Å². The van der Waals surface area contributed by atoms with Crippen molar-refractivity contribution < 1.29 is 0 Å². The minimum absolute atomic E-state index is 0.163. The summed E-state index contributed by atoms with van der Waals surface area (Å²) >= 11 is 3.59. The molecule has 0 aromatic heterocycles. The normalized spacial score (nSPS) is 13.2. The Morgan fingerprint density at radius 2 is 1.36 bits per heavy atom. The summed E-state index contributed by atoms with van der Waals surface area (Å²) in [6.07, 6.45) is 0.